The molecule has 0 radical (unpaired) electrons. The second kappa shape index (κ2) is 10.3. The van der Waals surface area contributed by atoms with Gasteiger partial charge >= 0.3 is 0 Å². The molecule has 2 rings (SSSR count). The Labute approximate surface area is 171 Å². The number of rotatable bonds is 7. The number of nitrogens with one attached hydrogen (secondary N) is 1. The molecule has 0 aliphatic rings. The van der Waals surface area contributed by atoms with Gasteiger partial charge < -0.3 is 10.1 Å². The molecule has 2 aromatic rings. The third kappa shape index (κ3) is 5.15. The van der Waals surface area contributed by atoms with Crippen LogP contribution in [0.5, 0.6) is 0 Å². The number of anilines is 1. The van der Waals surface area contributed by atoms with Crippen molar-refractivity contribution in [1.82, 2.24) is 0 Å². The summed E-state index contributed by atoms with van der Waals surface area (Å²) >= 11 is 0. The summed E-state index contributed by atoms with van der Waals surface area (Å²) in [7, 11) is 0. The normalized spacial score (nSPS) is 12.0. The Morgan fingerprint density at radius 3 is 1.79 bits per heavy atom. The number of aliphatic imine (C=N–C) groups is 1. The van der Waals surface area contributed by atoms with Crippen LogP contribution in [0.4, 0.5) is 11.4 Å². The van der Waals surface area contributed by atoms with Crippen molar-refractivity contribution in [1.29, 1.82) is 0 Å². The molecule has 1 N–H and O–H groups in total. The number of ether oxygens (including phenoxy) is 1. The first-order chi connectivity index (χ1) is 13.4. The number of hydrogen-bond acceptors (Lipinski definition) is 2. The average Bonchev–Trinajstić information content (AvgIpc) is 2.68. The van der Waals surface area contributed by atoms with Crippen LogP contribution in [0, 0.1) is 0 Å². The minimum absolute atomic E-state index is 0.415. The van der Waals surface area contributed by atoms with Crippen molar-refractivity contribution in [2.24, 2.45) is 4.99 Å². The Bertz CT molecular complexity index is 758. The third-order valence-electron chi connectivity index (χ3n) is 5.06. The lowest BCUT2D eigenvalue weighted by molar-refractivity contribution is 0.326. The van der Waals surface area contributed by atoms with Crippen LogP contribution in [0.2, 0.25) is 0 Å². The van der Waals surface area contributed by atoms with E-state index >= 15 is 0 Å². The molecule has 0 saturated carbocycles. The van der Waals surface area contributed by atoms with Crippen molar-refractivity contribution in [2.75, 3.05) is 11.9 Å². The lowest BCUT2D eigenvalue weighted by atomic mass is 9.93. The summed E-state index contributed by atoms with van der Waals surface area (Å²) < 4.78 is 5.96. The van der Waals surface area contributed by atoms with Crippen LogP contribution >= 0.6 is 0 Å². The van der Waals surface area contributed by atoms with Gasteiger partial charge in [0.2, 0.25) is 0 Å². The minimum Gasteiger partial charge on any atom is -0.465 e. The van der Waals surface area contributed by atoms with Gasteiger partial charge in [0.15, 0.2) is 0 Å². The number of benzene rings is 2. The van der Waals surface area contributed by atoms with Gasteiger partial charge in [0.05, 0.1) is 12.3 Å². The smallest absolute Gasteiger partial charge is 0.294 e. The Balaban J connectivity index is 2.58. The van der Waals surface area contributed by atoms with E-state index in [-0.39, 0.29) is 0 Å². The van der Waals surface area contributed by atoms with Gasteiger partial charge in [0.25, 0.3) is 6.02 Å². The van der Waals surface area contributed by atoms with E-state index in [1.165, 1.54) is 22.3 Å². The quantitative estimate of drug-likeness (QED) is 0.407. The van der Waals surface area contributed by atoms with E-state index in [1.807, 2.05) is 6.92 Å². The summed E-state index contributed by atoms with van der Waals surface area (Å²) in [6, 6.07) is 13.5. The van der Waals surface area contributed by atoms with Crippen LogP contribution in [0.1, 0.15) is 82.6 Å². The van der Waals surface area contributed by atoms with Crippen molar-refractivity contribution in [3.63, 3.8) is 0 Å². The van der Waals surface area contributed by atoms with Gasteiger partial charge in [-0.25, -0.2) is 0 Å². The zero-order valence-corrected chi connectivity index (χ0v) is 18.6. The van der Waals surface area contributed by atoms with E-state index in [0.29, 0.717) is 24.5 Å². The van der Waals surface area contributed by atoms with E-state index in [0.717, 1.165) is 24.2 Å². The molecule has 2 aromatic carbocycles. The SMILES string of the molecule is CCOC(=Nc1c(CC)cccc1CC)Nc1c(C(C)C)cccc1C(C)C. The highest BCUT2D eigenvalue weighted by Gasteiger charge is 2.16. The summed E-state index contributed by atoms with van der Waals surface area (Å²) in [6.07, 6.45) is 1.90. The maximum atomic E-state index is 5.96. The summed E-state index contributed by atoms with van der Waals surface area (Å²) in [5, 5.41) is 3.56. The highest BCUT2D eigenvalue weighted by Crippen LogP contribution is 2.33. The number of hydrogen-bond donors (Lipinski definition) is 1. The zero-order valence-electron chi connectivity index (χ0n) is 18.6. The maximum absolute atomic E-state index is 5.96. The van der Waals surface area contributed by atoms with Gasteiger partial charge in [0.1, 0.15) is 0 Å². The summed E-state index contributed by atoms with van der Waals surface area (Å²) in [5.74, 6) is 0.830. The van der Waals surface area contributed by atoms with Crippen LogP contribution in [0.3, 0.4) is 0 Å². The van der Waals surface area contributed by atoms with Crippen LogP contribution in [0.15, 0.2) is 41.4 Å². The summed E-state index contributed by atoms with van der Waals surface area (Å²) in [6.45, 7) is 15.8. The molecule has 0 saturated heterocycles. The van der Waals surface area contributed by atoms with Crippen LogP contribution < -0.4 is 5.32 Å². The van der Waals surface area contributed by atoms with Gasteiger partial charge in [-0.05, 0) is 53.9 Å². The lowest BCUT2D eigenvalue weighted by Gasteiger charge is -2.22. The molecule has 152 valence electrons. The molecule has 0 fully saturated rings. The van der Waals surface area contributed by atoms with Crippen molar-refractivity contribution in [3.8, 4) is 0 Å². The average molecular weight is 381 g/mol. The van der Waals surface area contributed by atoms with Crippen LogP contribution in [-0.2, 0) is 17.6 Å². The summed E-state index contributed by atoms with van der Waals surface area (Å²) in [5.41, 5.74) is 7.25. The molecule has 0 bridgehead atoms. The molecule has 0 spiro atoms. The second-order valence-corrected chi connectivity index (χ2v) is 7.73. The largest absolute Gasteiger partial charge is 0.465 e. The van der Waals surface area contributed by atoms with Crippen molar-refractivity contribution in [3.05, 3.63) is 58.7 Å². The third-order valence-corrected chi connectivity index (χ3v) is 5.06. The number of amidine groups is 1. The van der Waals surface area contributed by atoms with Crippen LogP contribution in [-0.4, -0.2) is 12.6 Å². The Morgan fingerprint density at radius 2 is 1.36 bits per heavy atom. The number of nitrogens with zero attached hydrogens (tertiary/aromatic N) is 1. The monoisotopic (exact) mass is 380 g/mol. The molecule has 28 heavy (non-hydrogen) atoms. The molecule has 3 heteroatoms. The van der Waals surface area contributed by atoms with Gasteiger partial charge in [-0.15, -0.1) is 0 Å². The van der Waals surface area contributed by atoms with E-state index in [1.54, 1.807) is 0 Å². The van der Waals surface area contributed by atoms with Crippen molar-refractivity contribution >= 4 is 17.4 Å². The number of para-hydroxylation sites is 2. The highest BCUT2D eigenvalue weighted by atomic mass is 16.5. The molecular formula is C25H36N2O. The molecule has 0 aromatic heterocycles. The van der Waals surface area contributed by atoms with Gasteiger partial charge in [0, 0.05) is 5.69 Å². The molecule has 0 unspecified atom stereocenters. The Hall–Kier alpha value is -2.29. The predicted molar refractivity (Wildman–Crippen MR) is 122 cm³/mol. The van der Waals surface area contributed by atoms with E-state index < -0.39 is 0 Å². The first kappa shape index (κ1) is 22.0. The molecule has 0 aliphatic carbocycles. The van der Waals surface area contributed by atoms with E-state index in [2.05, 4.69) is 83.3 Å². The van der Waals surface area contributed by atoms with Gasteiger partial charge in [-0.3, -0.25) is 0 Å². The van der Waals surface area contributed by atoms with E-state index in [9.17, 15) is 0 Å². The van der Waals surface area contributed by atoms with E-state index in [4.69, 9.17) is 9.73 Å². The van der Waals surface area contributed by atoms with Crippen molar-refractivity contribution < 1.29 is 4.74 Å². The fourth-order valence-corrected chi connectivity index (χ4v) is 3.50. The fraction of sp³-hybridized carbons (Fsp3) is 0.480. The van der Waals surface area contributed by atoms with Gasteiger partial charge in [-0.1, -0.05) is 77.9 Å². The first-order valence-electron chi connectivity index (χ1n) is 10.6. The van der Waals surface area contributed by atoms with Crippen molar-refractivity contribution in [2.45, 2.75) is 73.1 Å². The second-order valence-electron chi connectivity index (χ2n) is 7.73. The molecule has 0 aliphatic heterocycles. The topological polar surface area (TPSA) is 33.6 Å². The standard InChI is InChI=1S/C25H36N2O/c1-8-19-13-11-14-20(9-2)23(19)26-25(28-10-3)27-24-21(17(4)5)15-12-16-22(24)18(6)7/h11-18H,8-10H2,1-7H3,(H,26,27). The fourth-order valence-electron chi connectivity index (χ4n) is 3.50. The Kier molecular flexibility index (Phi) is 8.10. The minimum atomic E-state index is 0.415. The lowest BCUT2D eigenvalue weighted by Crippen LogP contribution is -2.19. The predicted octanol–water partition coefficient (Wildman–Crippen LogP) is 7.19. The maximum Gasteiger partial charge on any atom is 0.294 e. The number of aryl methyl sites for hydroxylation is 2. The zero-order chi connectivity index (χ0) is 20.7. The molecular weight excluding hydrogens is 344 g/mol. The molecule has 3 nitrogen and oxygen atoms in total. The molecule has 0 atom stereocenters. The van der Waals surface area contributed by atoms with Gasteiger partial charge in [-0.2, -0.15) is 4.99 Å². The first-order valence-corrected chi connectivity index (χ1v) is 10.6. The molecule has 0 amide bonds. The Morgan fingerprint density at radius 1 is 0.857 bits per heavy atom. The van der Waals surface area contributed by atoms with Crippen LogP contribution in [0.25, 0.3) is 0 Å². The molecule has 0 heterocycles. The summed E-state index contributed by atoms with van der Waals surface area (Å²) in [4.78, 5) is 4.97. The highest BCUT2D eigenvalue weighted by molar-refractivity contribution is 5.93.